The molecule has 1 atom stereocenters. The van der Waals surface area contributed by atoms with Gasteiger partial charge in [-0.3, -0.25) is 9.59 Å². The lowest BCUT2D eigenvalue weighted by molar-refractivity contribution is -0.118. The largest absolute Gasteiger partial charge is 0.493 e. The minimum atomic E-state index is -0.696. The zero-order valence-electron chi connectivity index (χ0n) is 18.2. The van der Waals surface area contributed by atoms with E-state index in [2.05, 4.69) is 10.6 Å². The molecular weight excluding hydrogens is 384 g/mol. The lowest BCUT2D eigenvalue weighted by atomic mass is 10.0. The maximum Gasteiger partial charge on any atom is 0.251 e. The van der Waals surface area contributed by atoms with E-state index in [4.69, 9.17) is 14.2 Å². The highest BCUT2D eigenvalue weighted by Crippen LogP contribution is 2.30. The predicted octanol–water partition coefficient (Wildman–Crippen LogP) is 3.42. The summed E-state index contributed by atoms with van der Waals surface area (Å²) in [5, 5.41) is 5.68. The van der Waals surface area contributed by atoms with Gasteiger partial charge in [0.15, 0.2) is 11.5 Å². The van der Waals surface area contributed by atoms with Crippen molar-refractivity contribution in [1.82, 2.24) is 5.32 Å². The van der Waals surface area contributed by atoms with E-state index in [1.807, 2.05) is 32.9 Å². The van der Waals surface area contributed by atoms with Crippen molar-refractivity contribution in [3.05, 3.63) is 53.6 Å². The van der Waals surface area contributed by atoms with Gasteiger partial charge in [-0.15, -0.1) is 0 Å². The van der Waals surface area contributed by atoms with Gasteiger partial charge in [0.05, 0.1) is 13.7 Å². The van der Waals surface area contributed by atoms with Gasteiger partial charge >= 0.3 is 0 Å². The molecule has 2 amide bonds. The summed E-state index contributed by atoms with van der Waals surface area (Å²) in [6, 6.07) is 11.6. The molecule has 2 aromatic carbocycles. The molecule has 7 heteroatoms. The third kappa shape index (κ3) is 6.49. The van der Waals surface area contributed by atoms with E-state index in [-0.39, 0.29) is 17.7 Å². The smallest absolute Gasteiger partial charge is 0.251 e. The van der Waals surface area contributed by atoms with Crippen molar-refractivity contribution in [1.29, 1.82) is 0 Å². The Morgan fingerprint density at radius 3 is 2.27 bits per heavy atom. The number of amides is 2. The van der Waals surface area contributed by atoms with E-state index in [1.54, 1.807) is 44.6 Å². The normalized spacial score (nSPS) is 11.7. The molecule has 0 aliphatic carbocycles. The Kier molecular flexibility index (Phi) is 8.68. The molecule has 2 rings (SSSR count). The zero-order chi connectivity index (χ0) is 22.1. The second-order valence-electron chi connectivity index (χ2n) is 7.26. The molecule has 0 saturated carbocycles. The first-order chi connectivity index (χ1) is 14.3. The Balaban J connectivity index is 2.11. The van der Waals surface area contributed by atoms with Gasteiger partial charge < -0.3 is 24.8 Å². The monoisotopic (exact) mass is 414 g/mol. The van der Waals surface area contributed by atoms with E-state index < -0.39 is 6.04 Å². The molecule has 0 bridgehead atoms. The summed E-state index contributed by atoms with van der Waals surface area (Å²) >= 11 is 0. The number of nitrogens with one attached hydrogen (secondary N) is 2. The Bertz CT molecular complexity index is 849. The number of hydrogen-bond acceptors (Lipinski definition) is 5. The number of methoxy groups -OCH3 is 2. The highest BCUT2D eigenvalue weighted by atomic mass is 16.5. The molecule has 162 valence electrons. The number of benzene rings is 2. The molecule has 1 unspecified atom stereocenters. The lowest BCUT2D eigenvalue weighted by Gasteiger charge is -2.22. The Hall–Kier alpha value is -3.06. The van der Waals surface area contributed by atoms with Gasteiger partial charge in [-0.1, -0.05) is 31.5 Å². The summed E-state index contributed by atoms with van der Waals surface area (Å²) in [4.78, 5) is 25.5. The van der Waals surface area contributed by atoms with Gasteiger partial charge in [0.25, 0.3) is 5.91 Å². The van der Waals surface area contributed by atoms with Crippen LogP contribution in [0.15, 0.2) is 42.5 Å². The first-order valence-corrected chi connectivity index (χ1v) is 9.84. The number of carbonyl (C=O) groups is 2. The molecule has 0 aliphatic rings. The summed E-state index contributed by atoms with van der Waals surface area (Å²) in [5.41, 5.74) is 2.12. The van der Waals surface area contributed by atoms with E-state index in [0.717, 1.165) is 5.56 Å². The summed E-state index contributed by atoms with van der Waals surface area (Å²) in [6.45, 7) is 6.50. The molecule has 0 radical (unpaired) electrons. The zero-order valence-corrected chi connectivity index (χ0v) is 18.2. The number of carbonyl (C=O) groups excluding carboxylic acids is 2. The fraction of sp³-hybridized carbons (Fsp3) is 0.391. The average Bonchev–Trinajstić information content (AvgIpc) is 2.72. The van der Waals surface area contributed by atoms with Gasteiger partial charge in [-0.25, -0.2) is 0 Å². The fourth-order valence-electron chi connectivity index (χ4n) is 2.79. The van der Waals surface area contributed by atoms with Crippen LogP contribution >= 0.6 is 0 Å². The molecule has 0 aromatic heterocycles. The number of rotatable bonds is 10. The van der Waals surface area contributed by atoms with Crippen LogP contribution in [0.4, 0.5) is 5.69 Å². The van der Waals surface area contributed by atoms with Gasteiger partial charge in [-0.05, 0) is 37.1 Å². The maximum atomic E-state index is 12.9. The second kappa shape index (κ2) is 11.2. The molecule has 30 heavy (non-hydrogen) atoms. The van der Waals surface area contributed by atoms with Crippen molar-refractivity contribution >= 4 is 17.5 Å². The highest BCUT2D eigenvalue weighted by molar-refractivity contribution is 6.01. The van der Waals surface area contributed by atoms with Crippen LogP contribution in [0.3, 0.4) is 0 Å². The summed E-state index contributed by atoms with van der Waals surface area (Å²) in [5.74, 6) is 0.352. The number of anilines is 1. The molecule has 0 spiro atoms. The van der Waals surface area contributed by atoms with Gasteiger partial charge in [0.2, 0.25) is 5.91 Å². The molecule has 0 fully saturated rings. The SMILES string of the molecule is COCCOc1cc(NC(=O)C(NC(=O)c2ccc(C)cc2)C(C)C)ccc1OC. The van der Waals surface area contributed by atoms with Gasteiger partial charge in [0, 0.05) is 24.4 Å². The minimum absolute atomic E-state index is 0.102. The van der Waals surface area contributed by atoms with Crippen molar-refractivity contribution in [3.8, 4) is 11.5 Å². The number of ether oxygens (including phenoxy) is 3. The fourth-order valence-corrected chi connectivity index (χ4v) is 2.79. The van der Waals surface area contributed by atoms with Crippen molar-refractivity contribution in [3.63, 3.8) is 0 Å². The number of hydrogen-bond donors (Lipinski definition) is 2. The second-order valence-corrected chi connectivity index (χ2v) is 7.26. The summed E-state index contributed by atoms with van der Waals surface area (Å²) < 4.78 is 15.9. The van der Waals surface area contributed by atoms with Crippen LogP contribution in [0.5, 0.6) is 11.5 Å². The summed E-state index contributed by atoms with van der Waals surface area (Å²) in [7, 11) is 3.14. The topological polar surface area (TPSA) is 85.9 Å². The van der Waals surface area contributed by atoms with Crippen molar-refractivity contribution < 1.29 is 23.8 Å². The van der Waals surface area contributed by atoms with Crippen LogP contribution in [0.1, 0.15) is 29.8 Å². The van der Waals surface area contributed by atoms with Gasteiger partial charge in [-0.2, -0.15) is 0 Å². The Morgan fingerprint density at radius 2 is 1.67 bits per heavy atom. The van der Waals surface area contributed by atoms with E-state index in [1.165, 1.54) is 0 Å². The Morgan fingerprint density at radius 1 is 0.967 bits per heavy atom. The van der Waals surface area contributed by atoms with Crippen LogP contribution in [-0.2, 0) is 9.53 Å². The Labute approximate surface area is 177 Å². The van der Waals surface area contributed by atoms with Crippen molar-refractivity contribution in [2.24, 2.45) is 5.92 Å². The van der Waals surface area contributed by atoms with Crippen molar-refractivity contribution in [2.75, 3.05) is 32.8 Å². The van der Waals surface area contributed by atoms with Crippen LogP contribution in [-0.4, -0.2) is 45.3 Å². The van der Waals surface area contributed by atoms with Crippen LogP contribution < -0.4 is 20.1 Å². The van der Waals surface area contributed by atoms with Crippen LogP contribution in [0, 0.1) is 12.8 Å². The molecule has 0 heterocycles. The molecule has 0 aliphatic heterocycles. The number of aryl methyl sites for hydroxylation is 1. The molecule has 0 saturated heterocycles. The molecule has 7 nitrogen and oxygen atoms in total. The lowest BCUT2D eigenvalue weighted by Crippen LogP contribution is -2.47. The predicted molar refractivity (Wildman–Crippen MR) is 116 cm³/mol. The first-order valence-electron chi connectivity index (χ1n) is 9.84. The van der Waals surface area contributed by atoms with Crippen molar-refractivity contribution in [2.45, 2.75) is 26.8 Å². The molecular formula is C23H30N2O5. The van der Waals surface area contributed by atoms with Gasteiger partial charge in [0.1, 0.15) is 12.6 Å². The highest BCUT2D eigenvalue weighted by Gasteiger charge is 2.25. The first kappa shape index (κ1) is 23.2. The maximum absolute atomic E-state index is 12.9. The summed E-state index contributed by atoms with van der Waals surface area (Å²) in [6.07, 6.45) is 0. The van der Waals surface area contributed by atoms with E-state index in [0.29, 0.717) is 36.0 Å². The van der Waals surface area contributed by atoms with Crippen LogP contribution in [0.25, 0.3) is 0 Å². The quantitative estimate of drug-likeness (QED) is 0.582. The van der Waals surface area contributed by atoms with Crippen LogP contribution in [0.2, 0.25) is 0 Å². The molecule has 2 aromatic rings. The third-order valence-electron chi connectivity index (χ3n) is 4.53. The minimum Gasteiger partial charge on any atom is -0.493 e. The van der Waals surface area contributed by atoms with E-state index in [9.17, 15) is 9.59 Å². The molecule has 2 N–H and O–H groups in total. The standard InChI is InChI=1S/C23H30N2O5/c1-15(2)21(25-22(26)17-8-6-16(3)7-9-17)23(27)24-18-10-11-19(29-5)20(14-18)30-13-12-28-4/h6-11,14-15,21H,12-13H2,1-5H3,(H,24,27)(H,25,26). The average molecular weight is 415 g/mol. The third-order valence-corrected chi connectivity index (χ3v) is 4.53. The van der Waals surface area contributed by atoms with E-state index >= 15 is 0 Å².